The molecule has 2 aromatic rings. The normalized spacial score (nSPS) is 15.2. The van der Waals surface area contributed by atoms with E-state index in [2.05, 4.69) is 10.2 Å². The van der Waals surface area contributed by atoms with Gasteiger partial charge in [0, 0.05) is 24.6 Å². The van der Waals surface area contributed by atoms with E-state index < -0.39 is 5.91 Å². The SMILES string of the molecule is NC(=O)c1cc(Cl)nnc1N1CCC(C(=O)c2ccc(F)cc2)CC1. The first-order valence-corrected chi connectivity index (χ1v) is 8.21. The predicted molar refractivity (Wildman–Crippen MR) is 91.2 cm³/mol. The number of benzene rings is 1. The van der Waals surface area contributed by atoms with Gasteiger partial charge >= 0.3 is 0 Å². The molecule has 0 unspecified atom stereocenters. The van der Waals surface area contributed by atoms with E-state index in [9.17, 15) is 14.0 Å². The highest BCUT2D eigenvalue weighted by Gasteiger charge is 2.28. The van der Waals surface area contributed by atoms with Crippen LogP contribution in [0.5, 0.6) is 0 Å². The maximum absolute atomic E-state index is 13.0. The summed E-state index contributed by atoms with van der Waals surface area (Å²) in [6.07, 6.45) is 1.19. The van der Waals surface area contributed by atoms with E-state index in [1.807, 2.05) is 4.90 Å². The minimum Gasteiger partial charge on any atom is -0.365 e. The lowest BCUT2D eigenvalue weighted by Crippen LogP contribution is -2.38. The molecule has 1 fully saturated rings. The Kier molecular flexibility index (Phi) is 4.94. The molecule has 1 amide bonds. The molecule has 8 heteroatoms. The molecule has 0 aliphatic carbocycles. The number of nitrogens with zero attached hydrogens (tertiary/aromatic N) is 3. The minimum absolute atomic E-state index is 0.00281. The van der Waals surface area contributed by atoms with Gasteiger partial charge in [0.25, 0.3) is 5.91 Å². The summed E-state index contributed by atoms with van der Waals surface area (Å²) in [4.78, 5) is 26.0. The van der Waals surface area contributed by atoms with Crippen LogP contribution in [-0.4, -0.2) is 35.0 Å². The molecule has 0 radical (unpaired) electrons. The molecule has 2 N–H and O–H groups in total. The number of primary amides is 1. The number of amides is 1. The number of aromatic nitrogens is 2. The van der Waals surface area contributed by atoms with Crippen molar-refractivity contribution in [2.45, 2.75) is 12.8 Å². The monoisotopic (exact) mass is 362 g/mol. The van der Waals surface area contributed by atoms with Gasteiger partial charge in [-0.3, -0.25) is 9.59 Å². The average molecular weight is 363 g/mol. The Balaban J connectivity index is 1.71. The maximum Gasteiger partial charge on any atom is 0.252 e. The Morgan fingerprint density at radius 3 is 2.40 bits per heavy atom. The number of rotatable bonds is 4. The van der Waals surface area contributed by atoms with Crippen molar-refractivity contribution < 1.29 is 14.0 Å². The van der Waals surface area contributed by atoms with Crippen LogP contribution in [0.4, 0.5) is 10.2 Å². The molecule has 1 aromatic carbocycles. The molecule has 2 heterocycles. The van der Waals surface area contributed by atoms with Crippen LogP contribution in [0.15, 0.2) is 30.3 Å². The molecule has 1 aliphatic rings. The highest BCUT2D eigenvalue weighted by molar-refractivity contribution is 6.29. The van der Waals surface area contributed by atoms with Crippen LogP contribution >= 0.6 is 11.6 Å². The van der Waals surface area contributed by atoms with Gasteiger partial charge in [0.2, 0.25) is 0 Å². The summed E-state index contributed by atoms with van der Waals surface area (Å²) in [5.74, 6) is -0.775. The molecule has 25 heavy (non-hydrogen) atoms. The van der Waals surface area contributed by atoms with E-state index in [1.54, 1.807) is 0 Å². The quantitative estimate of drug-likeness (QED) is 0.844. The predicted octanol–water partition coefficient (Wildman–Crippen LogP) is 2.47. The van der Waals surface area contributed by atoms with Gasteiger partial charge in [-0.05, 0) is 43.2 Å². The van der Waals surface area contributed by atoms with Crippen LogP contribution in [0.1, 0.15) is 33.6 Å². The summed E-state index contributed by atoms with van der Waals surface area (Å²) in [5, 5.41) is 7.84. The van der Waals surface area contributed by atoms with Crippen LogP contribution in [-0.2, 0) is 0 Å². The molecule has 0 spiro atoms. The summed E-state index contributed by atoms with van der Waals surface area (Å²) >= 11 is 5.77. The number of halogens is 2. The molecule has 1 aromatic heterocycles. The smallest absolute Gasteiger partial charge is 0.252 e. The lowest BCUT2D eigenvalue weighted by Gasteiger charge is -2.32. The molecular formula is C17H16ClFN4O2. The first-order chi connectivity index (χ1) is 12.0. The molecule has 0 bridgehead atoms. The summed E-state index contributed by atoms with van der Waals surface area (Å²) < 4.78 is 13.0. The second-order valence-corrected chi connectivity index (χ2v) is 6.29. The Morgan fingerprint density at radius 1 is 1.16 bits per heavy atom. The van der Waals surface area contributed by atoms with Gasteiger partial charge in [-0.15, -0.1) is 10.2 Å². The van der Waals surface area contributed by atoms with Crippen molar-refractivity contribution >= 4 is 29.1 Å². The Bertz CT molecular complexity index is 805. The van der Waals surface area contributed by atoms with Gasteiger partial charge in [0.15, 0.2) is 16.8 Å². The van der Waals surface area contributed by atoms with Gasteiger partial charge in [-0.25, -0.2) is 4.39 Å². The van der Waals surface area contributed by atoms with Crippen molar-refractivity contribution in [3.8, 4) is 0 Å². The van der Waals surface area contributed by atoms with E-state index in [1.165, 1.54) is 30.3 Å². The molecule has 0 saturated carbocycles. The standard InChI is InChI=1S/C17H16ClFN4O2/c18-14-9-13(16(20)25)17(22-21-14)23-7-5-11(6-8-23)15(24)10-1-3-12(19)4-2-10/h1-4,9,11H,5-8H2,(H2,20,25). The number of anilines is 1. The summed E-state index contributed by atoms with van der Waals surface area (Å²) in [6.45, 7) is 1.07. The van der Waals surface area contributed by atoms with E-state index in [4.69, 9.17) is 17.3 Å². The molecule has 6 nitrogen and oxygen atoms in total. The van der Waals surface area contributed by atoms with Crippen LogP contribution in [0.25, 0.3) is 0 Å². The lowest BCUT2D eigenvalue weighted by molar-refractivity contribution is 0.0899. The summed E-state index contributed by atoms with van der Waals surface area (Å²) in [5.41, 5.74) is 6.09. The number of Topliss-reactive ketones (excluding diaryl/α,β-unsaturated/α-hetero) is 1. The third-order valence-electron chi connectivity index (χ3n) is 4.30. The third-order valence-corrected chi connectivity index (χ3v) is 4.49. The van der Waals surface area contributed by atoms with Crippen molar-refractivity contribution in [3.63, 3.8) is 0 Å². The van der Waals surface area contributed by atoms with Gasteiger partial charge in [0.1, 0.15) is 5.82 Å². The fourth-order valence-electron chi connectivity index (χ4n) is 2.98. The molecule has 3 rings (SSSR count). The van der Waals surface area contributed by atoms with Crippen molar-refractivity contribution in [2.24, 2.45) is 11.7 Å². The number of carbonyl (C=O) groups excluding carboxylic acids is 2. The molecule has 0 atom stereocenters. The van der Waals surface area contributed by atoms with E-state index in [-0.39, 0.29) is 28.2 Å². The van der Waals surface area contributed by atoms with Gasteiger partial charge in [-0.2, -0.15) is 0 Å². The number of carbonyl (C=O) groups is 2. The van der Waals surface area contributed by atoms with Crippen LogP contribution < -0.4 is 10.6 Å². The second-order valence-electron chi connectivity index (χ2n) is 5.90. The summed E-state index contributed by atoms with van der Waals surface area (Å²) in [7, 11) is 0. The average Bonchev–Trinajstić information content (AvgIpc) is 2.62. The largest absolute Gasteiger partial charge is 0.365 e. The first kappa shape index (κ1) is 17.3. The molecule has 1 aliphatic heterocycles. The van der Waals surface area contributed by atoms with Crippen molar-refractivity contribution in [2.75, 3.05) is 18.0 Å². The lowest BCUT2D eigenvalue weighted by atomic mass is 9.89. The number of nitrogens with two attached hydrogens (primary N) is 1. The summed E-state index contributed by atoms with van der Waals surface area (Å²) in [6, 6.07) is 6.96. The third kappa shape index (κ3) is 3.76. The Morgan fingerprint density at radius 2 is 1.80 bits per heavy atom. The maximum atomic E-state index is 13.0. The highest BCUT2D eigenvalue weighted by Crippen LogP contribution is 2.27. The number of ketones is 1. The highest BCUT2D eigenvalue weighted by atomic mass is 35.5. The minimum atomic E-state index is -0.628. The van der Waals surface area contributed by atoms with E-state index in [0.717, 1.165) is 0 Å². The Labute approximate surface area is 148 Å². The molecule has 130 valence electrons. The van der Waals surface area contributed by atoms with Crippen LogP contribution in [0.2, 0.25) is 5.15 Å². The zero-order valence-corrected chi connectivity index (χ0v) is 14.0. The van der Waals surface area contributed by atoms with Crippen molar-refractivity contribution in [3.05, 3.63) is 52.4 Å². The zero-order valence-electron chi connectivity index (χ0n) is 13.3. The number of hydrogen-bond acceptors (Lipinski definition) is 5. The van der Waals surface area contributed by atoms with E-state index in [0.29, 0.717) is 37.3 Å². The fourth-order valence-corrected chi connectivity index (χ4v) is 3.13. The molecule has 1 saturated heterocycles. The van der Waals surface area contributed by atoms with Crippen LogP contribution in [0, 0.1) is 11.7 Å². The topological polar surface area (TPSA) is 89.2 Å². The second kappa shape index (κ2) is 7.14. The van der Waals surface area contributed by atoms with Gasteiger partial charge in [0.05, 0.1) is 5.56 Å². The van der Waals surface area contributed by atoms with Gasteiger partial charge in [-0.1, -0.05) is 11.6 Å². The van der Waals surface area contributed by atoms with Crippen molar-refractivity contribution in [1.82, 2.24) is 10.2 Å². The fraction of sp³-hybridized carbons (Fsp3) is 0.294. The number of hydrogen-bond donors (Lipinski definition) is 1. The number of piperidine rings is 1. The van der Waals surface area contributed by atoms with Crippen LogP contribution in [0.3, 0.4) is 0 Å². The van der Waals surface area contributed by atoms with E-state index >= 15 is 0 Å². The zero-order chi connectivity index (χ0) is 18.0. The molecular weight excluding hydrogens is 347 g/mol. The Hall–Kier alpha value is -2.54. The van der Waals surface area contributed by atoms with Gasteiger partial charge < -0.3 is 10.6 Å². The first-order valence-electron chi connectivity index (χ1n) is 7.83. The van der Waals surface area contributed by atoms with Crippen molar-refractivity contribution in [1.29, 1.82) is 0 Å².